The number of carbonyl (C=O) groups is 1. The van der Waals surface area contributed by atoms with Gasteiger partial charge in [-0.15, -0.1) is 0 Å². The molecule has 5 nitrogen and oxygen atoms in total. The van der Waals surface area contributed by atoms with Gasteiger partial charge in [-0.1, -0.05) is 31.2 Å². The van der Waals surface area contributed by atoms with E-state index in [0.29, 0.717) is 13.0 Å². The molecule has 6 heteroatoms. The Labute approximate surface area is 193 Å². The zero-order valence-corrected chi connectivity index (χ0v) is 19.0. The topological polar surface area (TPSA) is 83.0 Å². The third-order valence-corrected chi connectivity index (χ3v) is 8.68. The number of carboxylic acid groups (broad SMARTS) is 1. The van der Waals surface area contributed by atoms with Gasteiger partial charge in [0.2, 0.25) is 0 Å². The van der Waals surface area contributed by atoms with Crippen LogP contribution in [0.4, 0.5) is 4.39 Å². The highest BCUT2D eigenvalue weighted by Gasteiger charge is 2.68. The Morgan fingerprint density at radius 1 is 1.18 bits per heavy atom. The summed E-state index contributed by atoms with van der Waals surface area (Å²) >= 11 is 0. The first kappa shape index (κ1) is 22.2. The molecule has 174 valence electrons. The number of aliphatic carboxylic acids is 1. The number of fused-ring (bicyclic) bond motifs is 1. The summed E-state index contributed by atoms with van der Waals surface area (Å²) in [6.45, 7) is 4.56. The highest BCUT2D eigenvalue weighted by molar-refractivity contribution is 5.76. The smallest absolute Gasteiger partial charge is 0.312 e. The third-order valence-electron chi connectivity index (χ3n) is 8.68. The Kier molecular flexibility index (Phi) is 5.22. The average molecular weight is 452 g/mol. The maximum atomic E-state index is 13.5. The van der Waals surface area contributed by atoms with Crippen LogP contribution in [0.1, 0.15) is 45.2 Å². The molecule has 2 aliphatic carbocycles. The predicted octanol–water partition coefficient (Wildman–Crippen LogP) is 4.95. The van der Waals surface area contributed by atoms with Crippen molar-refractivity contribution in [1.82, 2.24) is 4.98 Å². The molecule has 33 heavy (non-hydrogen) atoms. The second-order valence-electron chi connectivity index (χ2n) is 10.4. The summed E-state index contributed by atoms with van der Waals surface area (Å²) in [6, 6.07) is 10.3. The van der Waals surface area contributed by atoms with E-state index in [1.807, 2.05) is 24.3 Å². The highest BCUT2D eigenvalue weighted by Crippen LogP contribution is 2.65. The van der Waals surface area contributed by atoms with Crippen molar-refractivity contribution < 1.29 is 24.1 Å². The fourth-order valence-electron chi connectivity index (χ4n) is 6.63. The van der Waals surface area contributed by atoms with Crippen molar-refractivity contribution in [3.05, 3.63) is 60.2 Å². The van der Waals surface area contributed by atoms with Crippen molar-refractivity contribution in [2.24, 2.45) is 22.7 Å². The molecule has 1 aromatic heterocycles. The number of aliphatic hydroxyl groups excluding tert-OH is 1. The van der Waals surface area contributed by atoms with E-state index in [1.165, 1.54) is 12.1 Å². The molecular weight excluding hydrogens is 421 g/mol. The van der Waals surface area contributed by atoms with Crippen LogP contribution < -0.4 is 0 Å². The molecule has 2 aromatic rings. The number of aromatic nitrogens is 1. The number of halogens is 1. The van der Waals surface area contributed by atoms with E-state index in [-0.39, 0.29) is 28.7 Å². The van der Waals surface area contributed by atoms with Crippen molar-refractivity contribution >= 4 is 12.0 Å². The molecule has 1 unspecified atom stereocenters. The van der Waals surface area contributed by atoms with Gasteiger partial charge in [0.05, 0.1) is 29.4 Å². The fraction of sp³-hybridized carbons (Fsp3) is 0.481. The minimum atomic E-state index is -1.17. The van der Waals surface area contributed by atoms with Crippen LogP contribution in [0.5, 0.6) is 0 Å². The Balaban J connectivity index is 1.44. The summed E-state index contributed by atoms with van der Waals surface area (Å²) in [5.74, 6) is -1.30. The van der Waals surface area contributed by atoms with Gasteiger partial charge >= 0.3 is 5.97 Å². The molecule has 0 radical (unpaired) electrons. The van der Waals surface area contributed by atoms with Gasteiger partial charge in [0, 0.05) is 17.7 Å². The van der Waals surface area contributed by atoms with Crippen LogP contribution in [0.15, 0.2) is 48.7 Å². The molecular formula is C27H30FNO4. The lowest BCUT2D eigenvalue weighted by molar-refractivity contribution is -0.188. The van der Waals surface area contributed by atoms with Crippen molar-refractivity contribution in [3.63, 3.8) is 0 Å². The zero-order valence-electron chi connectivity index (χ0n) is 19.0. The predicted molar refractivity (Wildman–Crippen MR) is 123 cm³/mol. The lowest BCUT2D eigenvalue weighted by Gasteiger charge is -2.59. The van der Waals surface area contributed by atoms with E-state index < -0.39 is 17.5 Å². The van der Waals surface area contributed by atoms with Gasteiger partial charge in [0.15, 0.2) is 0 Å². The van der Waals surface area contributed by atoms with Gasteiger partial charge in [-0.2, -0.15) is 0 Å². The van der Waals surface area contributed by atoms with Gasteiger partial charge in [-0.3, -0.25) is 9.78 Å². The molecule has 2 heterocycles. The molecule has 2 N–H and O–H groups in total. The van der Waals surface area contributed by atoms with Crippen molar-refractivity contribution in [2.75, 3.05) is 6.61 Å². The minimum Gasteiger partial charge on any atom is -0.481 e. The van der Waals surface area contributed by atoms with E-state index in [9.17, 15) is 19.4 Å². The molecule has 1 aliphatic heterocycles. The summed E-state index contributed by atoms with van der Waals surface area (Å²) in [4.78, 5) is 16.8. The Hall–Kier alpha value is -2.57. The standard InChI is InChI=1S/C27H30FNO4/c1-25-12-11-23(30)26(2,24(31)32)21(25)10-13-27(16-33-27)22(25)9-8-20-7-6-18(15-29-20)17-4-3-5-19(28)14-17/h3-9,14-15,21-23,30H,10-13,16H2,1-2H3,(H,31,32)/b9-8+/t21-,22-,23+,25+,26-,27?/m0/s1. The average Bonchev–Trinajstić information content (AvgIpc) is 3.56. The van der Waals surface area contributed by atoms with Gasteiger partial charge in [0.25, 0.3) is 0 Å². The van der Waals surface area contributed by atoms with Crippen LogP contribution in [0.3, 0.4) is 0 Å². The summed E-state index contributed by atoms with van der Waals surface area (Å²) < 4.78 is 19.5. The van der Waals surface area contributed by atoms with Crippen LogP contribution in [0, 0.1) is 28.5 Å². The quantitative estimate of drug-likeness (QED) is 0.643. The second kappa shape index (κ2) is 7.74. The monoisotopic (exact) mass is 451 g/mol. The van der Waals surface area contributed by atoms with Gasteiger partial charge < -0.3 is 14.9 Å². The first-order chi connectivity index (χ1) is 15.7. The van der Waals surface area contributed by atoms with Crippen molar-refractivity contribution in [3.8, 4) is 11.1 Å². The molecule has 0 bridgehead atoms. The summed E-state index contributed by atoms with van der Waals surface area (Å²) in [5, 5.41) is 20.7. The number of carboxylic acids is 1. The maximum Gasteiger partial charge on any atom is 0.312 e. The van der Waals surface area contributed by atoms with Crippen LogP contribution >= 0.6 is 0 Å². The van der Waals surface area contributed by atoms with Crippen molar-refractivity contribution in [1.29, 1.82) is 0 Å². The van der Waals surface area contributed by atoms with Crippen LogP contribution in [0.2, 0.25) is 0 Å². The lowest BCUT2D eigenvalue weighted by Crippen LogP contribution is -2.61. The summed E-state index contributed by atoms with van der Waals surface area (Å²) in [5.41, 5.74) is 0.704. The SMILES string of the molecule is C[C@@]12CC[C@@H](O)[C@@](C)(C(=O)O)[C@H]1CCC1(CO1)[C@H]2/C=C/c1ccc(-c2cccc(F)c2)cn1. The number of ether oxygens (including phenoxy) is 1. The lowest BCUT2D eigenvalue weighted by atomic mass is 9.45. The van der Waals surface area contributed by atoms with Crippen LogP contribution in [-0.2, 0) is 9.53 Å². The number of benzene rings is 1. The third kappa shape index (κ3) is 3.51. The molecule has 0 amide bonds. The first-order valence-electron chi connectivity index (χ1n) is 11.6. The first-order valence-corrected chi connectivity index (χ1v) is 11.6. The van der Waals surface area contributed by atoms with Crippen LogP contribution in [0.25, 0.3) is 17.2 Å². The molecule has 3 fully saturated rings. The second-order valence-corrected chi connectivity index (χ2v) is 10.4. The number of hydrogen-bond acceptors (Lipinski definition) is 4. The molecule has 6 atom stereocenters. The fourth-order valence-corrected chi connectivity index (χ4v) is 6.63. The molecule has 1 aromatic carbocycles. The van der Waals surface area contributed by atoms with E-state index in [0.717, 1.165) is 36.1 Å². The normalized spacial score (nSPS) is 37.8. The van der Waals surface area contributed by atoms with Gasteiger partial charge in [-0.25, -0.2) is 4.39 Å². The number of rotatable bonds is 4. The molecule has 5 rings (SSSR count). The van der Waals surface area contributed by atoms with E-state index in [2.05, 4.69) is 18.0 Å². The molecule has 3 aliphatic rings. The summed E-state index contributed by atoms with van der Waals surface area (Å²) in [6.07, 6.45) is 7.78. The number of nitrogens with zero attached hydrogens (tertiary/aromatic N) is 1. The largest absolute Gasteiger partial charge is 0.481 e. The molecule has 1 spiro atoms. The van der Waals surface area contributed by atoms with E-state index in [4.69, 9.17) is 4.74 Å². The molecule has 2 saturated carbocycles. The number of epoxide rings is 1. The number of pyridine rings is 1. The number of hydrogen-bond donors (Lipinski definition) is 2. The maximum absolute atomic E-state index is 13.5. The summed E-state index contributed by atoms with van der Waals surface area (Å²) in [7, 11) is 0. The Bertz CT molecular complexity index is 1100. The van der Waals surface area contributed by atoms with E-state index >= 15 is 0 Å². The van der Waals surface area contributed by atoms with E-state index in [1.54, 1.807) is 19.2 Å². The Morgan fingerprint density at radius 3 is 2.61 bits per heavy atom. The van der Waals surface area contributed by atoms with Gasteiger partial charge in [0.1, 0.15) is 5.82 Å². The minimum absolute atomic E-state index is 0.0413. The van der Waals surface area contributed by atoms with Gasteiger partial charge in [-0.05, 0) is 73.8 Å². The van der Waals surface area contributed by atoms with Crippen LogP contribution in [-0.4, -0.2) is 39.5 Å². The Morgan fingerprint density at radius 2 is 1.97 bits per heavy atom. The van der Waals surface area contributed by atoms with Crippen molar-refractivity contribution in [2.45, 2.75) is 51.2 Å². The number of aliphatic hydroxyl groups is 1. The molecule has 1 saturated heterocycles. The zero-order chi connectivity index (χ0) is 23.4. The highest BCUT2D eigenvalue weighted by atomic mass is 19.1.